The molecule has 1 atom stereocenters. The summed E-state index contributed by atoms with van der Waals surface area (Å²) in [7, 11) is 0. The van der Waals surface area contributed by atoms with E-state index in [1.807, 2.05) is 0 Å². The number of halogens is 2. The summed E-state index contributed by atoms with van der Waals surface area (Å²) in [6, 6.07) is 5.44. The van der Waals surface area contributed by atoms with E-state index < -0.39 is 0 Å². The van der Waals surface area contributed by atoms with Gasteiger partial charge in [-0.15, -0.1) is 0 Å². The van der Waals surface area contributed by atoms with E-state index in [2.05, 4.69) is 37.9 Å². The molecule has 2 nitrogen and oxygen atoms in total. The lowest BCUT2D eigenvalue weighted by molar-refractivity contribution is 0.0526. The fourth-order valence-electron chi connectivity index (χ4n) is 2.94. The van der Waals surface area contributed by atoms with E-state index in [-0.39, 0.29) is 11.4 Å². The van der Waals surface area contributed by atoms with Crippen molar-refractivity contribution in [2.75, 3.05) is 13.1 Å². The molecule has 0 aliphatic carbocycles. The summed E-state index contributed by atoms with van der Waals surface area (Å²) in [4.78, 5) is 2.38. The number of nitrogens with one attached hydrogen (secondary N) is 1. The van der Waals surface area contributed by atoms with Gasteiger partial charge in [0.1, 0.15) is 5.82 Å². The molecule has 4 heteroatoms. The highest BCUT2D eigenvalue weighted by Crippen LogP contribution is 2.25. The minimum absolute atomic E-state index is 0.0273. The van der Waals surface area contributed by atoms with E-state index >= 15 is 0 Å². The molecule has 0 spiro atoms. The van der Waals surface area contributed by atoms with Crippen molar-refractivity contribution < 1.29 is 4.39 Å². The monoisotopic (exact) mass is 312 g/mol. The van der Waals surface area contributed by atoms with Crippen molar-refractivity contribution in [1.29, 1.82) is 0 Å². The highest BCUT2D eigenvalue weighted by atomic mass is 35.5. The van der Waals surface area contributed by atoms with Gasteiger partial charge in [-0.2, -0.15) is 0 Å². The Labute approximate surface area is 132 Å². The van der Waals surface area contributed by atoms with Crippen LogP contribution in [0.15, 0.2) is 18.2 Å². The average Bonchev–Trinajstić information content (AvgIpc) is 2.36. The van der Waals surface area contributed by atoms with Gasteiger partial charge in [0.05, 0.1) is 0 Å². The summed E-state index contributed by atoms with van der Waals surface area (Å²) >= 11 is 5.83. The Balaban J connectivity index is 2.10. The minimum atomic E-state index is -0.211. The lowest BCUT2D eigenvalue weighted by atomic mass is 9.93. The second-order valence-corrected chi connectivity index (χ2v) is 7.57. The van der Waals surface area contributed by atoms with Crippen LogP contribution in [0.4, 0.5) is 4.39 Å². The van der Waals surface area contributed by atoms with Crippen molar-refractivity contribution in [3.63, 3.8) is 0 Å². The molecule has 1 unspecified atom stereocenters. The van der Waals surface area contributed by atoms with Crippen LogP contribution in [0.3, 0.4) is 0 Å². The molecule has 2 rings (SSSR count). The van der Waals surface area contributed by atoms with Crippen LogP contribution in [-0.4, -0.2) is 29.6 Å². The maximum Gasteiger partial charge on any atom is 0.129 e. The maximum absolute atomic E-state index is 14.0. The largest absolute Gasteiger partial charge is 0.311 e. The number of piperazine rings is 1. The van der Waals surface area contributed by atoms with Crippen molar-refractivity contribution in [2.24, 2.45) is 5.92 Å². The molecule has 21 heavy (non-hydrogen) atoms. The zero-order valence-electron chi connectivity index (χ0n) is 13.4. The summed E-state index contributed by atoms with van der Waals surface area (Å²) in [5.41, 5.74) is 0.747. The third-order valence-corrected chi connectivity index (χ3v) is 4.49. The standard InChI is InChI=1S/C17H26ClFN2/c1-12(2)7-15-10-21(17(3,4)11-20-15)9-13-5-6-14(18)8-16(13)19/h5-6,8,12,15,20H,7,9-11H2,1-4H3. The SMILES string of the molecule is CC(C)CC1CN(Cc2ccc(Cl)cc2F)C(C)(C)CN1. The number of hydrogen-bond donors (Lipinski definition) is 1. The average molecular weight is 313 g/mol. The summed E-state index contributed by atoms with van der Waals surface area (Å²) in [5, 5.41) is 4.08. The Morgan fingerprint density at radius 1 is 1.43 bits per heavy atom. The van der Waals surface area contributed by atoms with Gasteiger partial charge < -0.3 is 5.32 Å². The van der Waals surface area contributed by atoms with Gasteiger partial charge >= 0.3 is 0 Å². The first kappa shape index (κ1) is 16.7. The molecule has 0 amide bonds. The van der Waals surface area contributed by atoms with Gasteiger partial charge in [-0.05, 0) is 38.3 Å². The van der Waals surface area contributed by atoms with E-state index in [0.29, 0.717) is 23.5 Å². The molecule has 1 N–H and O–H groups in total. The molecule has 0 aromatic heterocycles. The van der Waals surface area contributed by atoms with Crippen molar-refractivity contribution >= 4 is 11.6 Å². The van der Waals surface area contributed by atoms with Crippen LogP contribution in [0.1, 0.15) is 39.7 Å². The Kier molecular flexibility index (Phi) is 5.29. The van der Waals surface area contributed by atoms with Crippen molar-refractivity contribution in [3.05, 3.63) is 34.6 Å². The molecule has 1 aromatic rings. The molecule has 0 radical (unpaired) electrons. The second-order valence-electron chi connectivity index (χ2n) is 7.14. The predicted octanol–water partition coefficient (Wildman–Crippen LogP) is 4.08. The molecule has 1 saturated heterocycles. The smallest absolute Gasteiger partial charge is 0.129 e. The van der Waals surface area contributed by atoms with Gasteiger partial charge in [0.25, 0.3) is 0 Å². The van der Waals surface area contributed by atoms with Crippen molar-refractivity contribution in [1.82, 2.24) is 10.2 Å². The Hall–Kier alpha value is -0.640. The van der Waals surface area contributed by atoms with Crippen LogP contribution in [0, 0.1) is 11.7 Å². The molecule has 1 fully saturated rings. The molecular weight excluding hydrogens is 287 g/mol. The number of hydrogen-bond acceptors (Lipinski definition) is 2. The first-order chi connectivity index (χ1) is 9.78. The second kappa shape index (κ2) is 6.64. The maximum atomic E-state index is 14.0. The molecular formula is C17H26ClFN2. The van der Waals surface area contributed by atoms with Crippen LogP contribution in [0.5, 0.6) is 0 Å². The van der Waals surface area contributed by atoms with E-state index in [4.69, 9.17) is 11.6 Å². The van der Waals surface area contributed by atoms with Crippen molar-refractivity contribution in [3.8, 4) is 0 Å². The van der Waals surface area contributed by atoms with Gasteiger partial charge in [-0.3, -0.25) is 4.90 Å². The molecule has 0 bridgehead atoms. The molecule has 1 aliphatic heterocycles. The van der Waals surface area contributed by atoms with Crippen LogP contribution >= 0.6 is 11.6 Å². The summed E-state index contributed by atoms with van der Waals surface area (Å²) in [5.74, 6) is 0.454. The van der Waals surface area contributed by atoms with E-state index in [1.54, 1.807) is 12.1 Å². The zero-order chi connectivity index (χ0) is 15.6. The molecule has 118 valence electrons. The fraction of sp³-hybridized carbons (Fsp3) is 0.647. The number of rotatable bonds is 4. The molecule has 1 aromatic carbocycles. The first-order valence-electron chi connectivity index (χ1n) is 7.70. The Morgan fingerprint density at radius 2 is 2.14 bits per heavy atom. The summed E-state index contributed by atoms with van der Waals surface area (Å²) < 4.78 is 14.0. The van der Waals surface area contributed by atoms with Gasteiger partial charge in [-0.1, -0.05) is 31.5 Å². The zero-order valence-corrected chi connectivity index (χ0v) is 14.2. The lowest BCUT2D eigenvalue weighted by Crippen LogP contribution is -2.61. The number of nitrogens with zero attached hydrogens (tertiary/aromatic N) is 1. The van der Waals surface area contributed by atoms with Crippen LogP contribution in [0.25, 0.3) is 0 Å². The highest BCUT2D eigenvalue weighted by molar-refractivity contribution is 6.30. The van der Waals surface area contributed by atoms with E-state index in [0.717, 1.165) is 25.1 Å². The molecule has 1 aliphatic rings. The quantitative estimate of drug-likeness (QED) is 0.901. The normalized spacial score (nSPS) is 22.7. The predicted molar refractivity (Wildman–Crippen MR) is 87.1 cm³/mol. The van der Waals surface area contributed by atoms with E-state index in [1.165, 1.54) is 6.07 Å². The van der Waals surface area contributed by atoms with Crippen LogP contribution in [0.2, 0.25) is 5.02 Å². The molecule has 1 heterocycles. The van der Waals surface area contributed by atoms with Gasteiger partial charge in [0, 0.05) is 41.8 Å². The summed E-state index contributed by atoms with van der Waals surface area (Å²) in [6.45, 7) is 11.4. The van der Waals surface area contributed by atoms with Gasteiger partial charge in [-0.25, -0.2) is 4.39 Å². The topological polar surface area (TPSA) is 15.3 Å². The Morgan fingerprint density at radius 3 is 2.76 bits per heavy atom. The van der Waals surface area contributed by atoms with Crippen LogP contribution in [-0.2, 0) is 6.54 Å². The van der Waals surface area contributed by atoms with E-state index in [9.17, 15) is 4.39 Å². The minimum Gasteiger partial charge on any atom is -0.311 e. The molecule has 0 saturated carbocycles. The van der Waals surface area contributed by atoms with Gasteiger partial charge in [0.15, 0.2) is 0 Å². The highest BCUT2D eigenvalue weighted by Gasteiger charge is 2.34. The third kappa shape index (κ3) is 4.41. The fourth-order valence-corrected chi connectivity index (χ4v) is 3.10. The van der Waals surface area contributed by atoms with Crippen molar-refractivity contribution in [2.45, 2.75) is 52.2 Å². The summed E-state index contributed by atoms with van der Waals surface area (Å²) in [6.07, 6.45) is 1.15. The Bertz CT molecular complexity index is 488. The first-order valence-corrected chi connectivity index (χ1v) is 8.08. The number of benzene rings is 1. The van der Waals surface area contributed by atoms with Gasteiger partial charge in [0.2, 0.25) is 0 Å². The third-order valence-electron chi connectivity index (χ3n) is 4.25. The lowest BCUT2D eigenvalue weighted by Gasteiger charge is -2.46. The van der Waals surface area contributed by atoms with Crippen LogP contribution < -0.4 is 5.32 Å².